The summed E-state index contributed by atoms with van der Waals surface area (Å²) in [7, 11) is 0. The quantitative estimate of drug-likeness (QED) is 0.488. The van der Waals surface area contributed by atoms with Gasteiger partial charge in [0.05, 0.1) is 6.42 Å². The van der Waals surface area contributed by atoms with Gasteiger partial charge < -0.3 is 5.73 Å². The Bertz CT molecular complexity index is 562. The van der Waals surface area contributed by atoms with E-state index in [0.29, 0.717) is 11.1 Å². The summed E-state index contributed by atoms with van der Waals surface area (Å²) >= 11 is 0. The molecule has 0 radical (unpaired) electrons. The van der Waals surface area contributed by atoms with Gasteiger partial charge in [-0.2, -0.15) is 0 Å². The first-order chi connectivity index (χ1) is 9.49. The van der Waals surface area contributed by atoms with Crippen LogP contribution in [0.25, 0.3) is 0 Å². The zero-order chi connectivity index (χ0) is 14.9. The molecule has 20 heavy (non-hydrogen) atoms. The van der Waals surface area contributed by atoms with Gasteiger partial charge >= 0.3 is 0 Å². The third-order valence-corrected chi connectivity index (χ3v) is 3.42. The van der Waals surface area contributed by atoms with Crippen molar-refractivity contribution in [3.05, 3.63) is 23.4 Å². The molecule has 2 heterocycles. The lowest BCUT2D eigenvalue weighted by atomic mass is 9.93. The van der Waals surface area contributed by atoms with Gasteiger partial charge in [0.15, 0.2) is 0 Å². The summed E-state index contributed by atoms with van der Waals surface area (Å²) in [5.41, 5.74) is 6.18. The van der Waals surface area contributed by atoms with Crippen molar-refractivity contribution in [1.82, 2.24) is 10.2 Å². The number of rotatable bonds is 1. The van der Waals surface area contributed by atoms with E-state index in [4.69, 9.17) is 5.73 Å². The van der Waals surface area contributed by atoms with E-state index in [9.17, 15) is 19.2 Å². The van der Waals surface area contributed by atoms with Crippen LogP contribution in [0.2, 0.25) is 0 Å². The third kappa shape index (κ3) is 2.22. The Balaban J connectivity index is 2.32. The van der Waals surface area contributed by atoms with Crippen molar-refractivity contribution in [3.8, 4) is 0 Å². The predicted octanol–water partition coefficient (Wildman–Crippen LogP) is -0.661. The van der Waals surface area contributed by atoms with Crippen molar-refractivity contribution in [3.63, 3.8) is 0 Å². The van der Waals surface area contributed by atoms with Crippen LogP contribution in [0.1, 0.15) is 26.2 Å². The molecule has 1 atom stereocenters. The smallest absolute Gasteiger partial charge is 0.261 e. The summed E-state index contributed by atoms with van der Waals surface area (Å²) in [6.07, 6.45) is 3.03. The van der Waals surface area contributed by atoms with Gasteiger partial charge in [-0.3, -0.25) is 29.4 Å². The summed E-state index contributed by atoms with van der Waals surface area (Å²) in [5.74, 6) is -2.03. The van der Waals surface area contributed by atoms with Crippen LogP contribution in [0, 0.1) is 0 Å². The number of nitrogens with two attached hydrogens (primary N) is 1. The maximum atomic E-state index is 12.3. The molecule has 0 aliphatic carbocycles. The number of allylic oxidation sites excluding steroid dienone is 1. The minimum absolute atomic E-state index is 0.0281. The van der Waals surface area contributed by atoms with Crippen molar-refractivity contribution in [1.29, 1.82) is 0 Å². The summed E-state index contributed by atoms with van der Waals surface area (Å²) in [6.45, 7) is 1.66. The number of carbonyl (C=O) groups is 4. The van der Waals surface area contributed by atoms with Gasteiger partial charge in [0.2, 0.25) is 17.7 Å². The fourth-order valence-electron chi connectivity index (χ4n) is 2.43. The van der Waals surface area contributed by atoms with Gasteiger partial charge in [-0.05, 0) is 25.1 Å². The average Bonchev–Trinajstić information content (AvgIpc) is 2.40. The number of imide groups is 2. The lowest BCUT2D eigenvalue weighted by Crippen LogP contribution is -2.58. The summed E-state index contributed by atoms with van der Waals surface area (Å²) in [6, 6.07) is -0.929. The van der Waals surface area contributed by atoms with Gasteiger partial charge in [-0.1, -0.05) is 6.08 Å². The van der Waals surface area contributed by atoms with Crippen LogP contribution in [-0.2, 0) is 19.2 Å². The van der Waals surface area contributed by atoms with E-state index in [1.807, 2.05) is 0 Å². The first kappa shape index (κ1) is 14.0. The molecule has 0 spiro atoms. The fraction of sp³-hybridized carbons (Fsp3) is 0.385. The van der Waals surface area contributed by atoms with Gasteiger partial charge in [0.1, 0.15) is 6.04 Å². The number of nitrogens with one attached hydrogen (secondary N) is 1. The SMILES string of the molecule is C/C=C1/C(=O)N(C2CCC(=O)NC2=O)C(=O)C/C1=C/N. The van der Waals surface area contributed by atoms with E-state index < -0.39 is 29.7 Å². The lowest BCUT2D eigenvalue weighted by Gasteiger charge is -2.35. The summed E-state index contributed by atoms with van der Waals surface area (Å²) in [5, 5.41) is 2.14. The molecule has 0 bridgehead atoms. The molecule has 7 nitrogen and oxygen atoms in total. The highest BCUT2D eigenvalue weighted by molar-refractivity contribution is 6.15. The molecule has 0 aromatic carbocycles. The summed E-state index contributed by atoms with van der Waals surface area (Å²) < 4.78 is 0. The Kier molecular flexibility index (Phi) is 3.69. The molecule has 2 aliphatic rings. The second-order valence-electron chi connectivity index (χ2n) is 4.61. The molecule has 0 aromatic rings. The Morgan fingerprint density at radius 1 is 1.30 bits per heavy atom. The minimum atomic E-state index is -0.929. The van der Waals surface area contributed by atoms with Crippen LogP contribution in [0.5, 0.6) is 0 Å². The highest BCUT2D eigenvalue weighted by Gasteiger charge is 2.42. The number of carbonyl (C=O) groups excluding carboxylic acids is 4. The van der Waals surface area contributed by atoms with Gasteiger partial charge in [-0.25, -0.2) is 0 Å². The van der Waals surface area contributed by atoms with Crippen molar-refractivity contribution in [2.45, 2.75) is 32.2 Å². The molecule has 0 saturated carbocycles. The number of hydrogen-bond donors (Lipinski definition) is 2. The predicted molar refractivity (Wildman–Crippen MR) is 68.7 cm³/mol. The van der Waals surface area contributed by atoms with Crippen LogP contribution in [0.4, 0.5) is 0 Å². The molecule has 0 aromatic heterocycles. The highest BCUT2D eigenvalue weighted by Crippen LogP contribution is 2.27. The van der Waals surface area contributed by atoms with Gasteiger partial charge in [-0.15, -0.1) is 0 Å². The van der Waals surface area contributed by atoms with E-state index in [1.165, 1.54) is 6.20 Å². The Hall–Kier alpha value is -2.44. The van der Waals surface area contributed by atoms with E-state index in [2.05, 4.69) is 5.32 Å². The lowest BCUT2D eigenvalue weighted by molar-refractivity contribution is -0.154. The molecule has 4 amide bonds. The Morgan fingerprint density at radius 3 is 2.55 bits per heavy atom. The molecule has 2 aliphatic heterocycles. The Labute approximate surface area is 115 Å². The molecule has 2 saturated heterocycles. The van der Waals surface area contributed by atoms with Crippen molar-refractivity contribution >= 4 is 23.6 Å². The molecule has 2 rings (SSSR count). The number of amides is 4. The zero-order valence-corrected chi connectivity index (χ0v) is 11.0. The van der Waals surface area contributed by atoms with E-state index in [0.717, 1.165) is 4.90 Å². The maximum absolute atomic E-state index is 12.3. The molecule has 7 heteroatoms. The Morgan fingerprint density at radius 2 is 2.00 bits per heavy atom. The third-order valence-electron chi connectivity index (χ3n) is 3.42. The molecule has 106 valence electrons. The number of piperidine rings is 2. The topological polar surface area (TPSA) is 110 Å². The van der Waals surface area contributed by atoms with E-state index >= 15 is 0 Å². The highest BCUT2D eigenvalue weighted by atomic mass is 16.2. The first-order valence-corrected chi connectivity index (χ1v) is 6.27. The minimum Gasteiger partial charge on any atom is -0.404 e. The number of hydrogen-bond acceptors (Lipinski definition) is 5. The molecule has 1 unspecified atom stereocenters. The van der Waals surface area contributed by atoms with Crippen LogP contribution in [0.15, 0.2) is 23.4 Å². The largest absolute Gasteiger partial charge is 0.404 e. The zero-order valence-electron chi connectivity index (χ0n) is 11.0. The standard InChI is InChI=1S/C13H15N3O4/c1-2-8-7(6-14)5-11(18)16(13(8)20)9-3-4-10(17)15-12(9)19/h2,6,9H,3-5,14H2,1H3,(H,15,17,19)/b7-6-,8-2+. The average molecular weight is 277 g/mol. The molecule has 3 N–H and O–H groups in total. The number of likely N-dealkylation sites (tertiary alicyclic amines) is 1. The van der Waals surface area contributed by atoms with Crippen molar-refractivity contribution in [2.75, 3.05) is 0 Å². The maximum Gasteiger partial charge on any atom is 0.261 e. The normalized spacial score (nSPS) is 28.2. The van der Waals surface area contributed by atoms with Crippen molar-refractivity contribution in [2.24, 2.45) is 5.73 Å². The first-order valence-electron chi connectivity index (χ1n) is 6.27. The van der Waals surface area contributed by atoms with Gasteiger partial charge in [0.25, 0.3) is 5.91 Å². The second-order valence-corrected chi connectivity index (χ2v) is 4.61. The second kappa shape index (κ2) is 5.28. The fourth-order valence-corrected chi connectivity index (χ4v) is 2.43. The van der Waals surface area contributed by atoms with Gasteiger partial charge in [0, 0.05) is 12.0 Å². The molecule has 2 fully saturated rings. The van der Waals surface area contributed by atoms with Crippen LogP contribution < -0.4 is 11.1 Å². The molecular formula is C13H15N3O4. The van der Waals surface area contributed by atoms with E-state index in [-0.39, 0.29) is 19.3 Å². The summed E-state index contributed by atoms with van der Waals surface area (Å²) in [4.78, 5) is 48.3. The van der Waals surface area contributed by atoms with Crippen LogP contribution >= 0.6 is 0 Å². The van der Waals surface area contributed by atoms with Crippen LogP contribution in [-0.4, -0.2) is 34.6 Å². The van der Waals surface area contributed by atoms with E-state index in [1.54, 1.807) is 13.0 Å². The van der Waals surface area contributed by atoms with Crippen molar-refractivity contribution < 1.29 is 19.2 Å². The number of nitrogens with zero attached hydrogens (tertiary/aromatic N) is 1. The van der Waals surface area contributed by atoms with Crippen LogP contribution in [0.3, 0.4) is 0 Å². The molecular weight excluding hydrogens is 262 g/mol. The monoisotopic (exact) mass is 277 g/mol.